The molecular formula is C24H17N5O5. The SMILES string of the molecule is CCC(=O)Nc1cc2onc(C(=O)Nc3ccc(C#N)cc3C(=O)O)c2cc1-c1ccccn1. The molecule has 0 unspecified atom stereocenters. The summed E-state index contributed by atoms with van der Waals surface area (Å²) in [6.07, 6.45) is 1.87. The summed E-state index contributed by atoms with van der Waals surface area (Å²) < 4.78 is 5.33. The zero-order chi connectivity index (χ0) is 24.2. The van der Waals surface area contributed by atoms with Crippen molar-refractivity contribution in [2.75, 3.05) is 10.6 Å². The lowest BCUT2D eigenvalue weighted by Gasteiger charge is -2.11. The average molecular weight is 455 g/mol. The summed E-state index contributed by atoms with van der Waals surface area (Å²) in [5.41, 5.74) is 1.63. The van der Waals surface area contributed by atoms with Crippen LogP contribution in [-0.4, -0.2) is 33.0 Å². The van der Waals surface area contributed by atoms with Crippen LogP contribution in [0, 0.1) is 11.3 Å². The minimum Gasteiger partial charge on any atom is -0.478 e. The van der Waals surface area contributed by atoms with Crippen LogP contribution >= 0.6 is 0 Å². The smallest absolute Gasteiger partial charge is 0.337 e. The number of hydrogen-bond acceptors (Lipinski definition) is 7. The van der Waals surface area contributed by atoms with Crippen LogP contribution < -0.4 is 10.6 Å². The number of amides is 2. The Hall–Kier alpha value is -5.04. The van der Waals surface area contributed by atoms with Crippen molar-refractivity contribution >= 4 is 40.1 Å². The first-order valence-corrected chi connectivity index (χ1v) is 10.1. The zero-order valence-corrected chi connectivity index (χ0v) is 17.8. The van der Waals surface area contributed by atoms with E-state index in [4.69, 9.17) is 9.78 Å². The molecule has 34 heavy (non-hydrogen) atoms. The van der Waals surface area contributed by atoms with E-state index < -0.39 is 11.9 Å². The lowest BCUT2D eigenvalue weighted by molar-refractivity contribution is -0.115. The molecule has 10 heteroatoms. The van der Waals surface area contributed by atoms with E-state index in [2.05, 4.69) is 20.8 Å². The van der Waals surface area contributed by atoms with Gasteiger partial charge in [0, 0.05) is 24.2 Å². The van der Waals surface area contributed by atoms with Crippen LogP contribution in [0.25, 0.3) is 22.2 Å². The van der Waals surface area contributed by atoms with Gasteiger partial charge in [-0.3, -0.25) is 14.6 Å². The fourth-order valence-electron chi connectivity index (χ4n) is 3.31. The van der Waals surface area contributed by atoms with Crippen molar-refractivity contribution in [3.8, 4) is 17.3 Å². The minimum absolute atomic E-state index is 0.00410. The number of carbonyl (C=O) groups is 3. The highest BCUT2D eigenvalue weighted by Gasteiger charge is 2.22. The van der Waals surface area contributed by atoms with Crippen molar-refractivity contribution in [3.05, 3.63) is 71.5 Å². The number of carbonyl (C=O) groups excluding carboxylic acids is 2. The monoisotopic (exact) mass is 455 g/mol. The zero-order valence-electron chi connectivity index (χ0n) is 17.8. The molecule has 168 valence electrons. The number of benzene rings is 2. The number of nitriles is 1. The molecule has 4 rings (SSSR count). The summed E-state index contributed by atoms with van der Waals surface area (Å²) in [7, 11) is 0. The molecule has 10 nitrogen and oxygen atoms in total. The van der Waals surface area contributed by atoms with E-state index in [1.165, 1.54) is 18.2 Å². The Balaban J connectivity index is 1.77. The molecule has 0 aliphatic rings. The second-order valence-electron chi connectivity index (χ2n) is 7.17. The van der Waals surface area contributed by atoms with Crippen LogP contribution in [-0.2, 0) is 4.79 Å². The Bertz CT molecular complexity index is 1470. The first-order valence-electron chi connectivity index (χ1n) is 10.1. The number of pyridine rings is 1. The predicted molar refractivity (Wildman–Crippen MR) is 122 cm³/mol. The first-order chi connectivity index (χ1) is 16.4. The Morgan fingerprint density at radius 2 is 1.91 bits per heavy atom. The number of aromatic carboxylic acids is 1. The van der Waals surface area contributed by atoms with E-state index >= 15 is 0 Å². The van der Waals surface area contributed by atoms with Crippen LogP contribution in [0.5, 0.6) is 0 Å². The van der Waals surface area contributed by atoms with Crippen molar-refractivity contribution in [2.45, 2.75) is 13.3 Å². The van der Waals surface area contributed by atoms with Crippen LogP contribution in [0.4, 0.5) is 11.4 Å². The van der Waals surface area contributed by atoms with Gasteiger partial charge in [-0.2, -0.15) is 5.26 Å². The molecule has 0 atom stereocenters. The number of carboxylic acids is 1. The highest BCUT2D eigenvalue weighted by molar-refractivity contribution is 6.14. The van der Waals surface area contributed by atoms with Gasteiger partial charge in [0.25, 0.3) is 5.91 Å². The summed E-state index contributed by atoms with van der Waals surface area (Å²) in [4.78, 5) is 41.0. The highest BCUT2D eigenvalue weighted by atomic mass is 16.5. The second-order valence-corrected chi connectivity index (χ2v) is 7.17. The maximum Gasteiger partial charge on any atom is 0.337 e. The molecule has 2 aromatic carbocycles. The average Bonchev–Trinajstić information content (AvgIpc) is 3.27. The molecule has 4 aromatic rings. The van der Waals surface area contributed by atoms with E-state index in [0.717, 1.165) is 0 Å². The molecule has 2 heterocycles. The Kier molecular flexibility index (Phi) is 6.01. The van der Waals surface area contributed by atoms with Gasteiger partial charge in [0.15, 0.2) is 11.3 Å². The molecule has 2 amide bonds. The third-order valence-corrected chi connectivity index (χ3v) is 4.99. The second kappa shape index (κ2) is 9.22. The van der Waals surface area contributed by atoms with E-state index in [9.17, 15) is 19.5 Å². The largest absolute Gasteiger partial charge is 0.478 e. The van der Waals surface area contributed by atoms with Crippen molar-refractivity contribution in [1.29, 1.82) is 5.26 Å². The predicted octanol–water partition coefficient (Wildman–Crippen LogP) is 4.06. The Labute approximate surface area is 192 Å². The van der Waals surface area contributed by atoms with E-state index in [0.29, 0.717) is 22.3 Å². The van der Waals surface area contributed by atoms with Gasteiger partial charge in [-0.25, -0.2) is 4.79 Å². The van der Waals surface area contributed by atoms with Crippen molar-refractivity contribution in [1.82, 2.24) is 10.1 Å². The van der Waals surface area contributed by atoms with Gasteiger partial charge in [0.05, 0.1) is 39.7 Å². The fraction of sp³-hybridized carbons (Fsp3) is 0.0833. The summed E-state index contributed by atoms with van der Waals surface area (Å²) in [6, 6.07) is 14.2. The lowest BCUT2D eigenvalue weighted by Crippen LogP contribution is -2.15. The minimum atomic E-state index is -1.30. The van der Waals surface area contributed by atoms with Crippen molar-refractivity contribution in [3.63, 3.8) is 0 Å². The van der Waals surface area contributed by atoms with E-state index in [1.807, 2.05) is 6.07 Å². The van der Waals surface area contributed by atoms with E-state index in [1.54, 1.807) is 43.5 Å². The molecule has 0 saturated carbocycles. The summed E-state index contributed by atoms with van der Waals surface area (Å²) in [6.45, 7) is 1.72. The standard InChI is InChI=1S/C24H17N5O5/c1-2-21(30)27-19-11-20-16(10-14(19)17-5-3-4-8-26-17)22(29-34-20)23(31)28-18-7-6-13(12-25)9-15(18)24(32)33/h3-11H,2H2,1H3,(H,27,30)(H,28,31)(H,32,33). The number of rotatable bonds is 6. The van der Waals surface area contributed by atoms with Gasteiger partial charge < -0.3 is 20.3 Å². The maximum absolute atomic E-state index is 13.0. The molecule has 0 aliphatic carbocycles. The van der Waals surface area contributed by atoms with Gasteiger partial charge in [-0.05, 0) is 36.4 Å². The number of carboxylic acid groups (broad SMARTS) is 1. The lowest BCUT2D eigenvalue weighted by atomic mass is 10.0. The molecule has 2 aromatic heterocycles. The summed E-state index contributed by atoms with van der Waals surface area (Å²) in [5, 5.41) is 28.0. The topological polar surface area (TPSA) is 158 Å². The van der Waals surface area contributed by atoms with E-state index in [-0.39, 0.29) is 40.4 Å². The molecular weight excluding hydrogens is 438 g/mol. The van der Waals surface area contributed by atoms with Crippen LogP contribution in [0.2, 0.25) is 0 Å². The summed E-state index contributed by atoms with van der Waals surface area (Å²) in [5.74, 6) is -2.22. The van der Waals surface area contributed by atoms with Gasteiger partial charge >= 0.3 is 5.97 Å². The quantitative estimate of drug-likeness (QED) is 0.392. The number of nitrogens with zero attached hydrogens (tertiary/aromatic N) is 3. The van der Waals surface area contributed by atoms with Crippen LogP contribution in [0.3, 0.4) is 0 Å². The van der Waals surface area contributed by atoms with Gasteiger partial charge in [-0.1, -0.05) is 18.1 Å². The third kappa shape index (κ3) is 4.31. The highest BCUT2D eigenvalue weighted by Crippen LogP contribution is 2.33. The fourth-order valence-corrected chi connectivity index (χ4v) is 3.31. The number of nitrogens with one attached hydrogen (secondary N) is 2. The molecule has 0 radical (unpaired) electrons. The molecule has 0 spiro atoms. The van der Waals surface area contributed by atoms with Crippen LogP contribution in [0.1, 0.15) is 39.8 Å². The third-order valence-electron chi connectivity index (χ3n) is 4.99. The number of aromatic nitrogens is 2. The van der Waals surface area contributed by atoms with Crippen molar-refractivity contribution in [2.24, 2.45) is 0 Å². The maximum atomic E-state index is 13.0. The Morgan fingerprint density at radius 3 is 2.59 bits per heavy atom. The molecule has 0 bridgehead atoms. The van der Waals surface area contributed by atoms with Crippen molar-refractivity contribution < 1.29 is 24.0 Å². The molecule has 0 aliphatic heterocycles. The van der Waals surface area contributed by atoms with Gasteiger partial charge in [0.2, 0.25) is 5.91 Å². The van der Waals surface area contributed by atoms with Crippen LogP contribution in [0.15, 0.2) is 59.3 Å². The normalized spacial score (nSPS) is 10.5. The number of hydrogen-bond donors (Lipinski definition) is 3. The molecule has 0 saturated heterocycles. The Morgan fingerprint density at radius 1 is 1.09 bits per heavy atom. The molecule has 3 N–H and O–H groups in total. The first kappa shape index (κ1) is 22.2. The number of fused-ring (bicyclic) bond motifs is 1. The summed E-state index contributed by atoms with van der Waals surface area (Å²) >= 11 is 0. The van der Waals surface area contributed by atoms with Gasteiger partial charge in [-0.15, -0.1) is 0 Å². The number of anilines is 2. The molecule has 0 fully saturated rings. The van der Waals surface area contributed by atoms with Gasteiger partial charge in [0.1, 0.15) is 0 Å².